The second-order valence-corrected chi connectivity index (χ2v) is 6.90. The molecule has 3 rings (SSSR count). The molecule has 0 fully saturated rings. The van der Waals surface area contributed by atoms with Gasteiger partial charge < -0.3 is 23.8 Å². The van der Waals surface area contributed by atoms with E-state index in [-0.39, 0.29) is 6.79 Å². The van der Waals surface area contributed by atoms with Gasteiger partial charge in [0, 0.05) is 23.4 Å². The van der Waals surface area contributed by atoms with E-state index < -0.39 is 17.9 Å². The topological polar surface area (TPSA) is 74.3 Å². The fraction of sp³-hybridized carbons (Fsp3) is 0.368. The maximum absolute atomic E-state index is 12.5. The highest BCUT2D eigenvalue weighted by atomic mass is 79.9. The van der Waals surface area contributed by atoms with Gasteiger partial charge in [-0.1, -0.05) is 22.9 Å². The molecule has 7 nitrogen and oxygen atoms in total. The Labute approximate surface area is 165 Å². The summed E-state index contributed by atoms with van der Waals surface area (Å²) in [5.41, 5.74) is 1.37. The Bertz CT molecular complexity index is 798. The number of ether oxygens (including phenoxy) is 4. The van der Waals surface area contributed by atoms with Crippen LogP contribution < -0.4 is 9.47 Å². The van der Waals surface area contributed by atoms with Gasteiger partial charge in [-0.2, -0.15) is 0 Å². The van der Waals surface area contributed by atoms with E-state index in [1.165, 1.54) is 14.2 Å². The van der Waals surface area contributed by atoms with Crippen molar-refractivity contribution in [1.29, 1.82) is 0 Å². The van der Waals surface area contributed by atoms with Crippen LogP contribution in [0.3, 0.4) is 0 Å². The summed E-state index contributed by atoms with van der Waals surface area (Å²) in [4.78, 5) is 26.9. The van der Waals surface area contributed by atoms with Crippen LogP contribution in [-0.2, 0) is 19.1 Å². The number of hydrogen-bond acceptors (Lipinski definition) is 7. The Morgan fingerprint density at radius 2 is 1.67 bits per heavy atom. The Morgan fingerprint density at radius 1 is 1.11 bits per heavy atom. The van der Waals surface area contributed by atoms with Gasteiger partial charge in [-0.05, 0) is 24.1 Å². The largest absolute Gasteiger partial charge is 0.466 e. The lowest BCUT2D eigenvalue weighted by molar-refractivity contribution is -0.137. The number of rotatable bonds is 5. The Hall–Kier alpha value is -2.48. The predicted molar refractivity (Wildman–Crippen MR) is 100 cm³/mol. The Morgan fingerprint density at radius 3 is 2.19 bits per heavy atom. The third kappa shape index (κ3) is 3.66. The van der Waals surface area contributed by atoms with Crippen LogP contribution in [-0.4, -0.2) is 44.4 Å². The molecule has 0 spiro atoms. The number of benzene rings is 1. The molecule has 2 heterocycles. The average molecular weight is 438 g/mol. The molecule has 2 aliphatic rings. The monoisotopic (exact) mass is 437 g/mol. The van der Waals surface area contributed by atoms with Crippen molar-refractivity contribution in [1.82, 2.24) is 4.90 Å². The van der Waals surface area contributed by atoms with Crippen LogP contribution in [0.5, 0.6) is 11.5 Å². The van der Waals surface area contributed by atoms with Crippen molar-refractivity contribution in [3.8, 4) is 11.5 Å². The fourth-order valence-corrected chi connectivity index (χ4v) is 3.72. The predicted octanol–water partition coefficient (Wildman–Crippen LogP) is 3.10. The zero-order valence-corrected chi connectivity index (χ0v) is 16.9. The van der Waals surface area contributed by atoms with Gasteiger partial charge in [-0.3, -0.25) is 0 Å². The lowest BCUT2D eigenvalue weighted by atomic mass is 9.83. The molecule has 0 aliphatic carbocycles. The van der Waals surface area contributed by atoms with Crippen LogP contribution in [0.4, 0.5) is 0 Å². The number of hydrogen-bond donors (Lipinski definition) is 0. The van der Waals surface area contributed by atoms with Gasteiger partial charge in [0.05, 0.1) is 31.3 Å². The minimum Gasteiger partial charge on any atom is -0.466 e. The normalized spacial score (nSPS) is 15.9. The molecule has 0 amide bonds. The van der Waals surface area contributed by atoms with Crippen molar-refractivity contribution in [3.63, 3.8) is 0 Å². The molecule has 0 unspecified atom stereocenters. The van der Waals surface area contributed by atoms with Gasteiger partial charge in [0.1, 0.15) is 0 Å². The number of methoxy groups -OCH3 is 2. The molecule has 0 atom stereocenters. The van der Waals surface area contributed by atoms with Gasteiger partial charge in [0.2, 0.25) is 6.79 Å². The first-order valence-corrected chi connectivity index (χ1v) is 9.24. The molecule has 0 bridgehead atoms. The van der Waals surface area contributed by atoms with Gasteiger partial charge in [-0.25, -0.2) is 9.59 Å². The number of carbonyl (C=O) groups excluding carboxylic acids is 2. The molecule has 144 valence electrons. The van der Waals surface area contributed by atoms with E-state index >= 15 is 0 Å². The van der Waals surface area contributed by atoms with E-state index in [1.807, 2.05) is 6.92 Å². The molecule has 0 radical (unpaired) electrons. The molecular formula is C19H20BrNO6. The van der Waals surface area contributed by atoms with Crippen LogP contribution in [0, 0.1) is 0 Å². The van der Waals surface area contributed by atoms with Crippen LogP contribution in [0.25, 0.3) is 0 Å². The number of nitrogens with zero attached hydrogens (tertiary/aromatic N) is 1. The van der Waals surface area contributed by atoms with Gasteiger partial charge in [0.25, 0.3) is 0 Å². The minimum absolute atomic E-state index is 0.125. The first-order valence-electron chi connectivity index (χ1n) is 8.45. The summed E-state index contributed by atoms with van der Waals surface area (Å²) in [7, 11) is 2.63. The molecule has 0 N–H and O–H groups in total. The molecule has 0 aromatic heterocycles. The standard InChI is InChI=1S/C19H20BrNO6/c1-4-5-21-8-12(18(22)24-2)17(13(9-21)19(23)25-3)11-6-15-16(7-14(11)20)27-10-26-15/h6-9,17H,4-5,10H2,1-3H3. The van der Waals surface area contributed by atoms with Crippen molar-refractivity contribution < 1.29 is 28.5 Å². The second kappa shape index (κ2) is 8.04. The minimum atomic E-state index is -0.665. The highest BCUT2D eigenvalue weighted by Gasteiger charge is 2.37. The smallest absolute Gasteiger partial charge is 0.336 e. The van der Waals surface area contributed by atoms with E-state index in [0.29, 0.717) is 39.2 Å². The summed E-state index contributed by atoms with van der Waals surface area (Å²) in [6.07, 6.45) is 4.27. The lowest BCUT2D eigenvalue weighted by Gasteiger charge is -2.30. The number of fused-ring (bicyclic) bond motifs is 1. The van der Waals surface area contributed by atoms with Crippen molar-refractivity contribution in [2.24, 2.45) is 0 Å². The van der Waals surface area contributed by atoms with Crippen LogP contribution in [0.1, 0.15) is 24.8 Å². The zero-order chi connectivity index (χ0) is 19.6. The lowest BCUT2D eigenvalue weighted by Crippen LogP contribution is -2.29. The summed E-state index contributed by atoms with van der Waals surface area (Å²) in [6, 6.07) is 3.53. The van der Waals surface area contributed by atoms with Gasteiger partial charge >= 0.3 is 11.9 Å². The molecular weight excluding hydrogens is 418 g/mol. The maximum Gasteiger partial charge on any atom is 0.336 e. The fourth-order valence-electron chi connectivity index (χ4n) is 3.16. The number of esters is 2. The Kier molecular flexibility index (Phi) is 5.74. The molecule has 8 heteroatoms. The summed E-state index contributed by atoms with van der Waals surface area (Å²) < 4.78 is 21.5. The summed E-state index contributed by atoms with van der Waals surface area (Å²) in [6.45, 7) is 2.79. The van der Waals surface area contributed by atoms with Crippen molar-refractivity contribution in [2.75, 3.05) is 27.6 Å². The number of carbonyl (C=O) groups is 2. The van der Waals surface area contributed by atoms with Crippen molar-refractivity contribution in [2.45, 2.75) is 19.3 Å². The molecule has 1 aromatic carbocycles. The van der Waals surface area contributed by atoms with Crippen LogP contribution in [0.15, 0.2) is 40.2 Å². The van der Waals surface area contributed by atoms with Crippen molar-refractivity contribution in [3.05, 3.63) is 45.7 Å². The van der Waals surface area contributed by atoms with Crippen LogP contribution in [0.2, 0.25) is 0 Å². The average Bonchev–Trinajstić information content (AvgIpc) is 3.12. The van der Waals surface area contributed by atoms with Gasteiger partial charge in [-0.15, -0.1) is 0 Å². The first kappa shape index (κ1) is 19.3. The first-order chi connectivity index (χ1) is 13.0. The van der Waals surface area contributed by atoms with E-state index in [1.54, 1.807) is 29.4 Å². The molecule has 0 saturated carbocycles. The van der Waals surface area contributed by atoms with E-state index in [4.69, 9.17) is 18.9 Å². The van der Waals surface area contributed by atoms with Gasteiger partial charge in [0.15, 0.2) is 11.5 Å². The zero-order valence-electron chi connectivity index (χ0n) is 15.3. The highest BCUT2D eigenvalue weighted by molar-refractivity contribution is 9.10. The quantitative estimate of drug-likeness (QED) is 0.655. The summed E-state index contributed by atoms with van der Waals surface area (Å²) in [5, 5.41) is 0. The summed E-state index contributed by atoms with van der Waals surface area (Å²) >= 11 is 3.52. The maximum atomic E-state index is 12.5. The summed E-state index contributed by atoms with van der Waals surface area (Å²) in [5.74, 6) is -0.541. The second-order valence-electron chi connectivity index (χ2n) is 6.05. The number of halogens is 1. The molecule has 2 aliphatic heterocycles. The van der Waals surface area contributed by atoms with Crippen molar-refractivity contribution >= 4 is 27.9 Å². The van der Waals surface area contributed by atoms with E-state index in [0.717, 1.165) is 6.42 Å². The van der Waals surface area contributed by atoms with E-state index in [2.05, 4.69) is 15.9 Å². The third-order valence-corrected chi connectivity index (χ3v) is 5.05. The SMILES string of the molecule is CCCN1C=C(C(=O)OC)C(c2cc3c(cc2Br)OCO3)C(C(=O)OC)=C1. The third-order valence-electron chi connectivity index (χ3n) is 4.36. The Balaban J connectivity index is 2.16. The van der Waals surface area contributed by atoms with Crippen LogP contribution >= 0.6 is 15.9 Å². The highest BCUT2D eigenvalue weighted by Crippen LogP contribution is 2.45. The molecule has 1 aromatic rings. The molecule has 0 saturated heterocycles. The van der Waals surface area contributed by atoms with E-state index in [9.17, 15) is 9.59 Å². The molecule has 27 heavy (non-hydrogen) atoms.